The topological polar surface area (TPSA) is 29.5 Å². The van der Waals surface area contributed by atoms with E-state index in [1.807, 2.05) is 25.1 Å². The van der Waals surface area contributed by atoms with Crippen LogP contribution in [-0.4, -0.2) is 18.3 Å². The van der Waals surface area contributed by atoms with E-state index < -0.39 is 0 Å². The van der Waals surface area contributed by atoms with Gasteiger partial charge in [-0.2, -0.15) is 0 Å². The van der Waals surface area contributed by atoms with Crippen LogP contribution in [0.4, 0.5) is 0 Å². The normalized spacial score (nSPS) is 12.1. The second-order valence-corrected chi connectivity index (χ2v) is 6.04. The third kappa shape index (κ3) is 4.11. The van der Waals surface area contributed by atoms with Crippen LogP contribution in [0, 0.1) is 5.92 Å². The summed E-state index contributed by atoms with van der Waals surface area (Å²) in [4.78, 5) is 0. The quantitative estimate of drug-likeness (QED) is 0.809. The lowest BCUT2D eigenvalue weighted by Gasteiger charge is -2.13. The molecule has 0 aromatic heterocycles. The monoisotopic (exact) mass is 376 g/mol. The summed E-state index contributed by atoms with van der Waals surface area (Å²) >= 11 is 6.97. The third-order valence-electron chi connectivity index (χ3n) is 2.59. The van der Waals surface area contributed by atoms with E-state index in [0.717, 1.165) is 25.8 Å². The Labute approximate surface area is 125 Å². The molecular weight excluding hydrogens is 360 g/mol. The highest BCUT2D eigenvalue weighted by Crippen LogP contribution is 2.34. The predicted octanol–water partition coefficient (Wildman–Crippen LogP) is 4.64. The smallest absolute Gasteiger partial charge is 0.140 e. The number of hydrogen-bond donors (Lipinski definition) is 1. The molecule has 0 aliphatic heterocycles. The van der Waals surface area contributed by atoms with Crippen LogP contribution < -0.4 is 4.74 Å². The van der Waals surface area contributed by atoms with E-state index in [1.165, 1.54) is 0 Å². The van der Waals surface area contributed by atoms with Crippen molar-refractivity contribution in [1.29, 1.82) is 0 Å². The van der Waals surface area contributed by atoms with Crippen LogP contribution in [0.25, 0.3) is 6.08 Å². The van der Waals surface area contributed by atoms with Gasteiger partial charge in [-0.3, -0.25) is 0 Å². The highest BCUT2D eigenvalue weighted by atomic mass is 79.9. The Morgan fingerprint density at radius 3 is 2.56 bits per heavy atom. The molecule has 0 saturated heterocycles. The molecule has 0 radical (unpaired) electrons. The van der Waals surface area contributed by atoms with Crippen LogP contribution in [-0.2, 0) is 0 Å². The summed E-state index contributed by atoms with van der Waals surface area (Å²) < 4.78 is 7.54. The van der Waals surface area contributed by atoms with Gasteiger partial charge in [0.1, 0.15) is 5.75 Å². The zero-order valence-electron chi connectivity index (χ0n) is 10.8. The summed E-state index contributed by atoms with van der Waals surface area (Å²) in [5.74, 6) is 1.12. The molecule has 0 bridgehead atoms. The molecule has 0 saturated carbocycles. The summed E-state index contributed by atoms with van der Waals surface area (Å²) in [6.45, 7) is 6.76. The minimum Gasteiger partial charge on any atom is -0.492 e. The molecule has 2 nitrogen and oxygen atoms in total. The summed E-state index contributed by atoms with van der Waals surface area (Å²) in [6.07, 6.45) is 1.99. The fraction of sp³-hybridized carbons (Fsp3) is 0.429. The predicted molar refractivity (Wildman–Crippen MR) is 82.9 cm³/mol. The second-order valence-electron chi connectivity index (χ2n) is 4.27. The van der Waals surface area contributed by atoms with Crippen molar-refractivity contribution in [1.82, 2.24) is 0 Å². The van der Waals surface area contributed by atoms with Crippen LogP contribution >= 0.6 is 31.9 Å². The minimum atomic E-state index is 0.0629. The molecular formula is C14H18Br2O2. The van der Waals surface area contributed by atoms with Gasteiger partial charge in [0.25, 0.3) is 0 Å². The molecule has 0 aliphatic carbocycles. The van der Waals surface area contributed by atoms with Crippen molar-refractivity contribution < 1.29 is 9.84 Å². The summed E-state index contributed by atoms with van der Waals surface area (Å²) in [7, 11) is 0. The van der Waals surface area contributed by atoms with Crippen molar-refractivity contribution in [2.75, 3.05) is 13.2 Å². The van der Waals surface area contributed by atoms with Gasteiger partial charge in [-0.05, 0) is 52.6 Å². The van der Waals surface area contributed by atoms with Crippen molar-refractivity contribution in [3.05, 3.63) is 32.2 Å². The van der Waals surface area contributed by atoms with Gasteiger partial charge in [-0.1, -0.05) is 29.8 Å². The van der Waals surface area contributed by atoms with E-state index in [1.54, 1.807) is 0 Å². The molecule has 4 heteroatoms. The van der Waals surface area contributed by atoms with Gasteiger partial charge in [-0.25, -0.2) is 0 Å². The molecule has 1 aromatic carbocycles. The molecule has 0 fully saturated rings. The van der Waals surface area contributed by atoms with Crippen molar-refractivity contribution >= 4 is 37.9 Å². The van der Waals surface area contributed by atoms with Gasteiger partial charge in [0.15, 0.2) is 0 Å². The summed E-state index contributed by atoms with van der Waals surface area (Å²) in [5.41, 5.74) is 1.96. The van der Waals surface area contributed by atoms with E-state index >= 15 is 0 Å². The third-order valence-corrected chi connectivity index (χ3v) is 3.64. The molecule has 0 spiro atoms. The van der Waals surface area contributed by atoms with Crippen LogP contribution in [0.15, 0.2) is 26.7 Å². The number of ether oxygens (including phenoxy) is 1. The van der Waals surface area contributed by atoms with Crippen LogP contribution in [0.2, 0.25) is 0 Å². The fourth-order valence-electron chi connectivity index (χ4n) is 1.58. The molecule has 0 unspecified atom stereocenters. The molecule has 18 heavy (non-hydrogen) atoms. The first-order chi connectivity index (χ1) is 8.49. The molecule has 1 N–H and O–H groups in total. The molecule has 0 amide bonds. The van der Waals surface area contributed by atoms with Gasteiger partial charge in [0.2, 0.25) is 0 Å². The van der Waals surface area contributed by atoms with Crippen LogP contribution in [0.1, 0.15) is 26.3 Å². The maximum absolute atomic E-state index is 9.38. The van der Waals surface area contributed by atoms with Crippen molar-refractivity contribution in [2.24, 2.45) is 5.92 Å². The van der Waals surface area contributed by atoms with E-state index in [0.29, 0.717) is 12.5 Å². The van der Waals surface area contributed by atoms with E-state index in [9.17, 15) is 5.11 Å². The number of hydrogen-bond acceptors (Lipinski definition) is 2. The molecule has 0 atom stereocenters. The van der Waals surface area contributed by atoms with Gasteiger partial charge in [0.05, 0.1) is 17.7 Å². The molecule has 1 rings (SSSR count). The lowest BCUT2D eigenvalue weighted by atomic mass is 10.0. The Hall–Kier alpha value is -0.320. The van der Waals surface area contributed by atoms with Gasteiger partial charge in [0, 0.05) is 10.0 Å². The lowest BCUT2D eigenvalue weighted by molar-refractivity contribution is 0.320. The fourth-order valence-corrected chi connectivity index (χ4v) is 2.95. The summed E-state index contributed by atoms with van der Waals surface area (Å²) in [6, 6.07) is 3.95. The average Bonchev–Trinajstić information content (AvgIpc) is 2.29. The van der Waals surface area contributed by atoms with E-state index in [4.69, 9.17) is 4.74 Å². The molecule has 100 valence electrons. The van der Waals surface area contributed by atoms with E-state index in [-0.39, 0.29) is 6.61 Å². The number of halogens is 2. The van der Waals surface area contributed by atoms with Gasteiger partial charge in [-0.15, -0.1) is 0 Å². The Kier molecular flexibility index (Phi) is 6.39. The first-order valence-electron chi connectivity index (χ1n) is 5.92. The maximum atomic E-state index is 9.38. The number of rotatable bonds is 5. The Bertz CT molecular complexity index is 440. The van der Waals surface area contributed by atoms with Crippen molar-refractivity contribution in [2.45, 2.75) is 20.8 Å². The first-order valence-corrected chi connectivity index (χ1v) is 7.51. The lowest BCUT2D eigenvalue weighted by Crippen LogP contribution is -2.01. The molecule has 1 aromatic rings. The largest absolute Gasteiger partial charge is 0.492 e. The molecule has 0 aliphatic rings. The Morgan fingerprint density at radius 2 is 2.06 bits per heavy atom. The van der Waals surface area contributed by atoms with E-state index in [2.05, 4.69) is 45.7 Å². The van der Waals surface area contributed by atoms with Crippen LogP contribution in [0.5, 0.6) is 5.75 Å². The SMILES string of the molecule is CCOc1c(Br)cc(Br)cc1C=C(CO)C(C)C. The zero-order chi connectivity index (χ0) is 13.7. The Morgan fingerprint density at radius 1 is 1.39 bits per heavy atom. The number of aliphatic hydroxyl groups excluding tert-OH is 1. The minimum absolute atomic E-state index is 0.0629. The zero-order valence-corrected chi connectivity index (χ0v) is 14.0. The second kappa shape index (κ2) is 7.31. The number of benzene rings is 1. The van der Waals surface area contributed by atoms with Gasteiger partial charge >= 0.3 is 0 Å². The number of aliphatic hydroxyl groups is 1. The maximum Gasteiger partial charge on any atom is 0.140 e. The van der Waals surface area contributed by atoms with Crippen molar-refractivity contribution in [3.8, 4) is 5.75 Å². The van der Waals surface area contributed by atoms with Gasteiger partial charge < -0.3 is 9.84 Å². The first kappa shape index (κ1) is 15.7. The Balaban J connectivity index is 3.29. The molecule has 0 heterocycles. The average molecular weight is 378 g/mol. The summed E-state index contributed by atoms with van der Waals surface area (Å²) in [5, 5.41) is 9.38. The standard InChI is InChI=1S/C14H18Br2O2/c1-4-18-14-10(5-11(8-17)9(2)3)6-12(15)7-13(14)16/h5-7,9,17H,4,8H2,1-3H3. The van der Waals surface area contributed by atoms with Crippen molar-refractivity contribution in [3.63, 3.8) is 0 Å². The highest BCUT2D eigenvalue weighted by Gasteiger charge is 2.10. The highest BCUT2D eigenvalue weighted by molar-refractivity contribution is 9.11. The van der Waals surface area contributed by atoms with Crippen LogP contribution in [0.3, 0.4) is 0 Å².